The van der Waals surface area contributed by atoms with Crippen LogP contribution in [0.5, 0.6) is 0 Å². The van der Waals surface area contributed by atoms with Crippen LogP contribution in [0.25, 0.3) is 0 Å². The van der Waals surface area contributed by atoms with E-state index >= 15 is 0 Å². The Bertz CT molecular complexity index is 37.0. The van der Waals surface area contributed by atoms with Crippen molar-refractivity contribution in [3.63, 3.8) is 0 Å². The molecule has 0 unspecified atom stereocenters. The SMILES string of the molecule is CCNOONCC. The van der Waals surface area contributed by atoms with Gasteiger partial charge in [0, 0.05) is 13.1 Å². The Kier molecular flexibility index (Phi) is 6.70. The molecule has 50 valence electrons. The first-order valence-corrected chi connectivity index (χ1v) is 2.70. The summed E-state index contributed by atoms with van der Waals surface area (Å²) >= 11 is 0. The zero-order chi connectivity index (χ0) is 6.24. The van der Waals surface area contributed by atoms with E-state index in [1.54, 1.807) is 0 Å². The van der Waals surface area contributed by atoms with Crippen molar-refractivity contribution in [1.82, 2.24) is 11.0 Å². The molecule has 0 aromatic heterocycles. The average molecular weight is 120 g/mol. The molecule has 0 amide bonds. The molecule has 0 aromatic carbocycles. The summed E-state index contributed by atoms with van der Waals surface area (Å²) in [5.41, 5.74) is 5.00. The van der Waals surface area contributed by atoms with Gasteiger partial charge in [0.05, 0.1) is 0 Å². The lowest BCUT2D eigenvalue weighted by Crippen LogP contribution is -2.21. The van der Waals surface area contributed by atoms with Crippen LogP contribution in [-0.2, 0) is 9.98 Å². The summed E-state index contributed by atoms with van der Waals surface area (Å²) < 4.78 is 0. The Morgan fingerprint density at radius 2 is 1.38 bits per heavy atom. The molecule has 0 aliphatic carbocycles. The predicted molar refractivity (Wildman–Crippen MR) is 29.5 cm³/mol. The normalized spacial score (nSPS) is 9.75. The van der Waals surface area contributed by atoms with E-state index in [2.05, 4.69) is 20.9 Å². The molecule has 0 fully saturated rings. The summed E-state index contributed by atoms with van der Waals surface area (Å²) in [4.78, 5) is 8.72. The molecule has 0 atom stereocenters. The van der Waals surface area contributed by atoms with Gasteiger partial charge in [0.25, 0.3) is 0 Å². The lowest BCUT2D eigenvalue weighted by atomic mass is 10.8. The van der Waals surface area contributed by atoms with E-state index in [4.69, 9.17) is 0 Å². The maximum Gasteiger partial charge on any atom is 0.0212 e. The molecule has 0 spiro atoms. The van der Waals surface area contributed by atoms with Gasteiger partial charge in [-0.1, -0.05) is 13.8 Å². The monoisotopic (exact) mass is 120 g/mol. The molecule has 4 nitrogen and oxygen atoms in total. The predicted octanol–water partition coefficient (Wildman–Crippen LogP) is -0.0164. The van der Waals surface area contributed by atoms with E-state index in [0.29, 0.717) is 0 Å². The molecular weight excluding hydrogens is 108 g/mol. The third kappa shape index (κ3) is 5.84. The topological polar surface area (TPSA) is 42.5 Å². The fourth-order valence-corrected chi connectivity index (χ4v) is 0.177. The average Bonchev–Trinajstić information content (AvgIpc) is 1.81. The Hall–Kier alpha value is -0.160. The van der Waals surface area contributed by atoms with Crippen molar-refractivity contribution in [2.75, 3.05) is 13.1 Å². The Morgan fingerprint density at radius 3 is 1.62 bits per heavy atom. The highest BCUT2D eigenvalue weighted by atomic mass is 17.3. The third-order valence-electron chi connectivity index (χ3n) is 0.448. The van der Waals surface area contributed by atoms with Gasteiger partial charge in [-0.2, -0.15) is 11.0 Å². The van der Waals surface area contributed by atoms with E-state index in [1.165, 1.54) is 0 Å². The number of hydroxylamine groups is 2. The van der Waals surface area contributed by atoms with Crippen LogP contribution in [-0.4, -0.2) is 13.1 Å². The summed E-state index contributed by atoms with van der Waals surface area (Å²) in [6.45, 7) is 5.28. The van der Waals surface area contributed by atoms with Crippen molar-refractivity contribution < 1.29 is 9.98 Å². The van der Waals surface area contributed by atoms with Crippen LogP contribution >= 0.6 is 0 Å². The summed E-state index contributed by atoms with van der Waals surface area (Å²) in [7, 11) is 0. The lowest BCUT2D eigenvalue weighted by molar-refractivity contribution is -0.372. The highest BCUT2D eigenvalue weighted by molar-refractivity contribution is 4.09. The van der Waals surface area contributed by atoms with Crippen LogP contribution < -0.4 is 11.0 Å². The summed E-state index contributed by atoms with van der Waals surface area (Å²) in [6, 6.07) is 0. The molecule has 4 heteroatoms. The quantitative estimate of drug-likeness (QED) is 0.304. The van der Waals surface area contributed by atoms with Gasteiger partial charge in [-0.05, 0) is 0 Å². The Balaban J connectivity index is 2.53. The van der Waals surface area contributed by atoms with Crippen molar-refractivity contribution in [3.8, 4) is 0 Å². The van der Waals surface area contributed by atoms with Crippen LogP contribution in [0.15, 0.2) is 0 Å². The minimum Gasteiger partial charge on any atom is -0.168 e. The summed E-state index contributed by atoms with van der Waals surface area (Å²) in [6.07, 6.45) is 0. The van der Waals surface area contributed by atoms with Gasteiger partial charge in [0.2, 0.25) is 0 Å². The molecule has 8 heavy (non-hydrogen) atoms. The van der Waals surface area contributed by atoms with E-state index < -0.39 is 0 Å². The van der Waals surface area contributed by atoms with Crippen LogP contribution in [0.2, 0.25) is 0 Å². The van der Waals surface area contributed by atoms with Gasteiger partial charge in [0.1, 0.15) is 0 Å². The van der Waals surface area contributed by atoms with Crippen molar-refractivity contribution in [1.29, 1.82) is 0 Å². The van der Waals surface area contributed by atoms with Crippen LogP contribution in [0.3, 0.4) is 0 Å². The third-order valence-corrected chi connectivity index (χ3v) is 0.448. The zero-order valence-corrected chi connectivity index (χ0v) is 5.23. The molecule has 0 saturated carbocycles. The highest BCUT2D eigenvalue weighted by Gasteiger charge is 1.78. The van der Waals surface area contributed by atoms with E-state index in [0.717, 1.165) is 13.1 Å². The van der Waals surface area contributed by atoms with Crippen molar-refractivity contribution in [2.45, 2.75) is 13.8 Å². The first-order chi connectivity index (χ1) is 3.91. The Morgan fingerprint density at radius 1 is 1.00 bits per heavy atom. The molecule has 0 heterocycles. The molecule has 0 rings (SSSR count). The molecule has 0 aromatic rings. The highest BCUT2D eigenvalue weighted by Crippen LogP contribution is 1.62. The lowest BCUT2D eigenvalue weighted by Gasteiger charge is -1.99. The minimum atomic E-state index is 0.728. The molecule has 2 N–H and O–H groups in total. The zero-order valence-electron chi connectivity index (χ0n) is 5.23. The largest absolute Gasteiger partial charge is 0.168 e. The standard InChI is InChI=1S/C4H12N2O2/c1-3-5-7-8-6-4-2/h5-6H,3-4H2,1-2H3. The van der Waals surface area contributed by atoms with Gasteiger partial charge in [0.15, 0.2) is 0 Å². The van der Waals surface area contributed by atoms with Gasteiger partial charge in [-0.15, -0.1) is 9.98 Å². The second-order valence-corrected chi connectivity index (χ2v) is 1.16. The smallest absolute Gasteiger partial charge is 0.0212 e. The summed E-state index contributed by atoms with van der Waals surface area (Å²) in [5, 5.41) is 0. The first kappa shape index (κ1) is 7.84. The van der Waals surface area contributed by atoms with Crippen LogP contribution in [0.4, 0.5) is 0 Å². The van der Waals surface area contributed by atoms with Crippen LogP contribution in [0, 0.1) is 0 Å². The molecule has 0 saturated heterocycles. The van der Waals surface area contributed by atoms with Gasteiger partial charge >= 0.3 is 0 Å². The molecule has 0 aliphatic rings. The fraction of sp³-hybridized carbons (Fsp3) is 1.00. The molecule has 0 radical (unpaired) electrons. The number of hydrogen-bond donors (Lipinski definition) is 2. The second-order valence-electron chi connectivity index (χ2n) is 1.16. The Labute approximate surface area is 49.0 Å². The number of nitrogens with one attached hydrogen (secondary N) is 2. The van der Waals surface area contributed by atoms with Crippen molar-refractivity contribution in [2.24, 2.45) is 0 Å². The molecule has 0 bridgehead atoms. The number of hydrogen-bond acceptors (Lipinski definition) is 4. The van der Waals surface area contributed by atoms with Gasteiger partial charge in [-0.3, -0.25) is 0 Å². The van der Waals surface area contributed by atoms with Crippen molar-refractivity contribution in [3.05, 3.63) is 0 Å². The summed E-state index contributed by atoms with van der Waals surface area (Å²) in [5.74, 6) is 0. The van der Waals surface area contributed by atoms with E-state index in [-0.39, 0.29) is 0 Å². The molecule has 0 aliphatic heterocycles. The first-order valence-electron chi connectivity index (χ1n) is 2.70. The fourth-order valence-electron chi connectivity index (χ4n) is 0.177. The van der Waals surface area contributed by atoms with Gasteiger partial charge < -0.3 is 0 Å². The van der Waals surface area contributed by atoms with E-state index in [1.807, 2.05) is 13.8 Å². The molecular formula is C4H12N2O2. The maximum absolute atomic E-state index is 4.36. The van der Waals surface area contributed by atoms with E-state index in [9.17, 15) is 0 Å². The number of rotatable bonds is 5. The minimum absolute atomic E-state index is 0.728. The second kappa shape index (κ2) is 6.84. The van der Waals surface area contributed by atoms with Gasteiger partial charge in [-0.25, -0.2) is 0 Å². The van der Waals surface area contributed by atoms with Crippen LogP contribution in [0.1, 0.15) is 13.8 Å². The maximum atomic E-state index is 4.36. The van der Waals surface area contributed by atoms with Crippen molar-refractivity contribution >= 4 is 0 Å².